The zero-order chi connectivity index (χ0) is 20.1. The zero-order valence-corrected chi connectivity index (χ0v) is 15.4. The Bertz CT molecular complexity index is 848. The molecule has 1 unspecified atom stereocenters. The first-order valence-electron chi connectivity index (χ1n) is 8.45. The SMILES string of the molecule is CNCC(=O)NC(CC(=O)O)c1cc(-c2c(C)cccc2C)cc(F)c1F. The third kappa shape index (κ3) is 4.89. The zero-order valence-electron chi connectivity index (χ0n) is 15.4. The van der Waals surface area contributed by atoms with Gasteiger partial charge in [0.2, 0.25) is 5.91 Å². The van der Waals surface area contributed by atoms with Crippen molar-refractivity contribution in [1.82, 2.24) is 10.6 Å². The van der Waals surface area contributed by atoms with Gasteiger partial charge in [-0.2, -0.15) is 0 Å². The number of hydrogen-bond donors (Lipinski definition) is 3. The van der Waals surface area contributed by atoms with Crippen LogP contribution >= 0.6 is 0 Å². The van der Waals surface area contributed by atoms with Crippen LogP contribution in [0.4, 0.5) is 8.78 Å². The summed E-state index contributed by atoms with van der Waals surface area (Å²) in [5.41, 5.74) is 2.73. The van der Waals surface area contributed by atoms with E-state index in [-0.39, 0.29) is 12.1 Å². The molecular formula is C20H22F2N2O3. The number of aryl methyl sites for hydroxylation is 2. The van der Waals surface area contributed by atoms with Crippen LogP contribution < -0.4 is 10.6 Å². The molecule has 0 aliphatic heterocycles. The second kappa shape index (κ2) is 8.73. The number of carbonyl (C=O) groups is 2. The summed E-state index contributed by atoms with van der Waals surface area (Å²) >= 11 is 0. The summed E-state index contributed by atoms with van der Waals surface area (Å²) in [6.07, 6.45) is -0.567. The molecule has 1 atom stereocenters. The normalized spacial score (nSPS) is 11.9. The molecule has 0 heterocycles. The minimum Gasteiger partial charge on any atom is -0.481 e. The highest BCUT2D eigenvalue weighted by Gasteiger charge is 2.24. The van der Waals surface area contributed by atoms with Crippen molar-refractivity contribution in [1.29, 1.82) is 0 Å². The molecule has 0 spiro atoms. The van der Waals surface area contributed by atoms with E-state index in [1.165, 1.54) is 6.07 Å². The molecule has 0 aliphatic carbocycles. The number of amides is 1. The van der Waals surface area contributed by atoms with Gasteiger partial charge in [-0.3, -0.25) is 9.59 Å². The van der Waals surface area contributed by atoms with Crippen molar-refractivity contribution in [3.05, 3.63) is 58.7 Å². The third-order valence-corrected chi connectivity index (χ3v) is 4.25. The molecule has 0 aliphatic rings. The number of likely N-dealkylation sites (N-methyl/N-ethyl adjacent to an activating group) is 1. The molecule has 2 aromatic carbocycles. The standard InChI is InChI=1S/C20H22F2N2O3/c1-11-5-4-6-12(2)19(11)13-7-14(20(22)15(21)8-13)16(9-18(26)27)24-17(25)10-23-3/h4-8,16,23H,9-10H2,1-3H3,(H,24,25)(H,26,27). The van der Waals surface area contributed by atoms with Crippen LogP contribution in [0.3, 0.4) is 0 Å². The van der Waals surface area contributed by atoms with Gasteiger partial charge in [0.1, 0.15) is 0 Å². The fraction of sp³-hybridized carbons (Fsp3) is 0.300. The first kappa shape index (κ1) is 20.5. The van der Waals surface area contributed by atoms with Crippen molar-refractivity contribution in [2.75, 3.05) is 13.6 Å². The summed E-state index contributed by atoms with van der Waals surface area (Å²) < 4.78 is 28.8. The first-order chi connectivity index (χ1) is 12.7. The van der Waals surface area contributed by atoms with Gasteiger partial charge >= 0.3 is 5.97 Å². The van der Waals surface area contributed by atoms with E-state index in [0.717, 1.165) is 22.8 Å². The number of rotatable bonds is 7. The van der Waals surface area contributed by atoms with Gasteiger partial charge in [-0.1, -0.05) is 18.2 Å². The highest BCUT2D eigenvalue weighted by molar-refractivity contribution is 5.80. The van der Waals surface area contributed by atoms with E-state index in [9.17, 15) is 18.4 Å². The van der Waals surface area contributed by atoms with Gasteiger partial charge in [0.05, 0.1) is 19.0 Å². The fourth-order valence-electron chi connectivity index (χ4n) is 3.10. The molecule has 3 N–H and O–H groups in total. The van der Waals surface area contributed by atoms with E-state index in [0.29, 0.717) is 5.56 Å². The van der Waals surface area contributed by atoms with Crippen molar-refractivity contribution < 1.29 is 23.5 Å². The van der Waals surface area contributed by atoms with Gasteiger partial charge in [-0.05, 0) is 55.3 Å². The van der Waals surface area contributed by atoms with Gasteiger partial charge in [-0.15, -0.1) is 0 Å². The molecule has 0 radical (unpaired) electrons. The Balaban J connectivity index is 2.57. The molecule has 1 amide bonds. The molecule has 27 heavy (non-hydrogen) atoms. The summed E-state index contributed by atoms with van der Waals surface area (Å²) in [5.74, 6) is -4.01. The molecule has 2 rings (SSSR count). The van der Waals surface area contributed by atoms with Crippen molar-refractivity contribution in [2.24, 2.45) is 0 Å². The number of halogens is 2. The third-order valence-electron chi connectivity index (χ3n) is 4.25. The van der Waals surface area contributed by atoms with Crippen LogP contribution in [0.25, 0.3) is 11.1 Å². The van der Waals surface area contributed by atoms with E-state index in [4.69, 9.17) is 5.11 Å². The van der Waals surface area contributed by atoms with Crippen LogP contribution in [0, 0.1) is 25.5 Å². The summed E-state index contributed by atoms with van der Waals surface area (Å²) in [6.45, 7) is 3.64. The quantitative estimate of drug-likeness (QED) is 0.694. The van der Waals surface area contributed by atoms with Crippen LogP contribution in [0.15, 0.2) is 30.3 Å². The lowest BCUT2D eigenvalue weighted by Gasteiger charge is -2.20. The van der Waals surface area contributed by atoms with E-state index in [2.05, 4.69) is 10.6 Å². The summed E-state index contributed by atoms with van der Waals surface area (Å²) in [5, 5.41) is 14.2. The molecule has 2 aromatic rings. The molecule has 0 saturated carbocycles. The molecular weight excluding hydrogens is 354 g/mol. The number of benzene rings is 2. The van der Waals surface area contributed by atoms with Gasteiger partial charge in [0, 0.05) is 5.56 Å². The monoisotopic (exact) mass is 376 g/mol. The van der Waals surface area contributed by atoms with E-state index < -0.39 is 36.0 Å². The highest BCUT2D eigenvalue weighted by atomic mass is 19.2. The lowest BCUT2D eigenvalue weighted by Crippen LogP contribution is -2.36. The topological polar surface area (TPSA) is 78.4 Å². The Morgan fingerprint density at radius 1 is 1.15 bits per heavy atom. The number of carboxylic acid groups (broad SMARTS) is 1. The van der Waals surface area contributed by atoms with Crippen LogP contribution in [0.1, 0.15) is 29.2 Å². The van der Waals surface area contributed by atoms with Crippen LogP contribution in [-0.2, 0) is 9.59 Å². The van der Waals surface area contributed by atoms with E-state index in [1.807, 2.05) is 32.0 Å². The fourth-order valence-corrected chi connectivity index (χ4v) is 3.10. The summed E-state index contributed by atoms with van der Waals surface area (Å²) in [6, 6.07) is 6.87. The maximum Gasteiger partial charge on any atom is 0.305 e. The summed E-state index contributed by atoms with van der Waals surface area (Å²) in [7, 11) is 1.55. The molecule has 5 nitrogen and oxygen atoms in total. The Morgan fingerprint density at radius 2 is 1.78 bits per heavy atom. The lowest BCUT2D eigenvalue weighted by molar-refractivity contribution is -0.137. The van der Waals surface area contributed by atoms with E-state index in [1.54, 1.807) is 7.05 Å². The first-order valence-corrected chi connectivity index (χ1v) is 8.45. The van der Waals surface area contributed by atoms with Crippen molar-refractivity contribution >= 4 is 11.9 Å². The van der Waals surface area contributed by atoms with Crippen molar-refractivity contribution in [3.8, 4) is 11.1 Å². The highest BCUT2D eigenvalue weighted by Crippen LogP contribution is 2.32. The van der Waals surface area contributed by atoms with Crippen molar-refractivity contribution in [2.45, 2.75) is 26.3 Å². The van der Waals surface area contributed by atoms with Gasteiger partial charge < -0.3 is 15.7 Å². The van der Waals surface area contributed by atoms with Gasteiger partial charge in [-0.25, -0.2) is 8.78 Å². The number of carbonyl (C=O) groups excluding carboxylic acids is 1. The number of nitrogens with one attached hydrogen (secondary N) is 2. The number of hydrogen-bond acceptors (Lipinski definition) is 3. The molecule has 0 fully saturated rings. The van der Waals surface area contributed by atoms with Crippen LogP contribution in [-0.4, -0.2) is 30.6 Å². The van der Waals surface area contributed by atoms with Crippen molar-refractivity contribution in [3.63, 3.8) is 0 Å². The number of aliphatic carboxylic acids is 1. The predicted octanol–water partition coefficient (Wildman–Crippen LogP) is 3.10. The Labute approximate surface area is 156 Å². The molecule has 144 valence electrons. The largest absolute Gasteiger partial charge is 0.481 e. The minimum atomic E-state index is -1.23. The molecule has 0 aromatic heterocycles. The average Bonchev–Trinajstić information content (AvgIpc) is 2.57. The maximum atomic E-state index is 14.5. The van der Waals surface area contributed by atoms with Gasteiger partial charge in [0.15, 0.2) is 11.6 Å². The molecule has 0 saturated heterocycles. The van der Waals surface area contributed by atoms with Crippen LogP contribution in [0.5, 0.6) is 0 Å². The maximum absolute atomic E-state index is 14.5. The second-order valence-electron chi connectivity index (χ2n) is 6.38. The summed E-state index contributed by atoms with van der Waals surface area (Å²) in [4.78, 5) is 23.1. The smallest absolute Gasteiger partial charge is 0.305 e. The van der Waals surface area contributed by atoms with E-state index >= 15 is 0 Å². The van der Waals surface area contributed by atoms with Gasteiger partial charge in [0.25, 0.3) is 0 Å². The second-order valence-corrected chi connectivity index (χ2v) is 6.38. The predicted molar refractivity (Wildman–Crippen MR) is 98.3 cm³/mol. The average molecular weight is 376 g/mol. The Hall–Kier alpha value is -2.80. The van der Waals surface area contributed by atoms with Crippen LogP contribution in [0.2, 0.25) is 0 Å². The molecule has 7 heteroatoms. The Kier molecular flexibility index (Phi) is 6.63. The molecule has 0 bridgehead atoms. The lowest BCUT2D eigenvalue weighted by atomic mass is 9.92. The Morgan fingerprint density at radius 3 is 2.33 bits per heavy atom. The minimum absolute atomic E-state index is 0.0726. The number of carboxylic acids is 1.